The van der Waals surface area contributed by atoms with Crippen LogP contribution < -0.4 is 16.4 Å². The van der Waals surface area contributed by atoms with Gasteiger partial charge in [-0.2, -0.15) is 9.29 Å². The number of nitrogens with zero attached hydrogens (tertiary/aromatic N) is 3. The fraction of sp³-hybridized carbons (Fsp3) is 0.429. The monoisotopic (exact) mass is 638 g/mol. The predicted molar refractivity (Wildman–Crippen MR) is 161 cm³/mol. The number of anilines is 4. The van der Waals surface area contributed by atoms with Gasteiger partial charge in [0.15, 0.2) is 11.6 Å². The first-order chi connectivity index (χ1) is 20.5. The maximum Gasteiger partial charge on any atom is 0.335 e. The second-order valence-electron chi connectivity index (χ2n) is 10.00. The Morgan fingerprint density at radius 3 is 2.33 bits per heavy atom. The molecule has 3 atom stereocenters. The summed E-state index contributed by atoms with van der Waals surface area (Å²) < 4.78 is 80.5. The minimum absolute atomic E-state index is 0.0381. The predicted octanol–water partition coefficient (Wildman–Crippen LogP) is 5.62. The van der Waals surface area contributed by atoms with Crippen molar-refractivity contribution in [3.8, 4) is 0 Å². The van der Waals surface area contributed by atoms with Crippen LogP contribution >= 0.6 is 7.60 Å². The Morgan fingerprint density at radius 2 is 1.70 bits per heavy atom. The smallest absolute Gasteiger partial charge is 0.335 e. The fourth-order valence-corrected chi connectivity index (χ4v) is 9.07. The zero-order chi connectivity index (χ0) is 31.2. The largest absolute Gasteiger partial charge is 0.340 e. The highest BCUT2D eigenvalue weighted by atomic mass is 32.2. The van der Waals surface area contributed by atoms with Crippen LogP contribution in [0.2, 0.25) is 0 Å². The number of rotatable bonds is 13. The van der Waals surface area contributed by atoms with Crippen molar-refractivity contribution >= 4 is 40.8 Å². The molecule has 15 heteroatoms. The summed E-state index contributed by atoms with van der Waals surface area (Å²) in [4.78, 5) is 8.53. The lowest BCUT2D eigenvalue weighted by Gasteiger charge is -2.42. The zero-order valence-corrected chi connectivity index (χ0v) is 26.0. The average molecular weight is 639 g/mol. The van der Waals surface area contributed by atoms with E-state index in [2.05, 4.69) is 20.6 Å². The van der Waals surface area contributed by atoms with Gasteiger partial charge in [-0.05, 0) is 75.1 Å². The third-order valence-corrected chi connectivity index (χ3v) is 11.7. The van der Waals surface area contributed by atoms with Crippen molar-refractivity contribution in [2.24, 2.45) is 11.7 Å². The maximum absolute atomic E-state index is 13.8. The third-order valence-electron chi connectivity index (χ3n) is 7.24. The number of hydrogen-bond acceptors (Lipinski definition) is 10. The Labute approximate surface area is 250 Å². The van der Waals surface area contributed by atoms with Gasteiger partial charge in [0.1, 0.15) is 5.82 Å². The van der Waals surface area contributed by atoms with Gasteiger partial charge in [-0.15, -0.1) is 0 Å². The van der Waals surface area contributed by atoms with Gasteiger partial charge in [-0.3, -0.25) is 4.57 Å². The summed E-state index contributed by atoms with van der Waals surface area (Å²) in [6.45, 7) is 5.89. The molecule has 0 aliphatic carbocycles. The van der Waals surface area contributed by atoms with Gasteiger partial charge in [-0.1, -0.05) is 6.92 Å². The average Bonchev–Trinajstić information content (AvgIpc) is 2.99. The van der Waals surface area contributed by atoms with Crippen LogP contribution in [0.4, 0.5) is 31.9 Å². The van der Waals surface area contributed by atoms with Gasteiger partial charge >= 0.3 is 7.60 Å². The molecule has 1 saturated heterocycles. The summed E-state index contributed by atoms with van der Waals surface area (Å²) in [7, 11) is -7.59. The van der Waals surface area contributed by atoms with Crippen LogP contribution in [0.1, 0.15) is 33.6 Å². The number of nitrogens with one attached hydrogen (secondary N) is 2. The molecule has 0 radical (unpaired) electrons. The molecule has 43 heavy (non-hydrogen) atoms. The minimum atomic E-state index is -3.94. The van der Waals surface area contributed by atoms with Gasteiger partial charge in [0.25, 0.3) is 0 Å². The van der Waals surface area contributed by atoms with Gasteiger partial charge in [0.2, 0.25) is 16.0 Å². The summed E-state index contributed by atoms with van der Waals surface area (Å²) in [5.74, 6) is -1.64. The summed E-state index contributed by atoms with van der Waals surface area (Å²) in [5.41, 5.74) is 6.51. The Hall–Kier alpha value is -3.00. The molecule has 1 aromatic heterocycles. The number of piperidine rings is 1. The second kappa shape index (κ2) is 14.2. The molecule has 3 aromatic rings. The molecule has 4 rings (SSSR count). The molecule has 1 aliphatic rings. The Bertz CT molecular complexity index is 1540. The van der Waals surface area contributed by atoms with Gasteiger partial charge in [0, 0.05) is 42.8 Å². The quantitative estimate of drug-likeness (QED) is 0.201. The highest BCUT2D eigenvalue weighted by molar-refractivity contribution is 7.89. The maximum atomic E-state index is 13.8. The first-order valence-corrected chi connectivity index (χ1v) is 17.1. The number of benzene rings is 2. The van der Waals surface area contributed by atoms with E-state index in [4.69, 9.17) is 14.8 Å². The van der Waals surface area contributed by atoms with E-state index in [1.165, 1.54) is 28.7 Å². The molecular formula is C28H37F2N6O5PS. The lowest BCUT2D eigenvalue weighted by molar-refractivity contribution is 0.170. The lowest BCUT2D eigenvalue weighted by Crippen LogP contribution is -2.51. The van der Waals surface area contributed by atoms with E-state index in [1.807, 2.05) is 6.92 Å². The normalized spacial score (nSPS) is 18.7. The highest BCUT2D eigenvalue weighted by Crippen LogP contribution is 2.58. The molecule has 3 unspecified atom stereocenters. The lowest BCUT2D eigenvalue weighted by atomic mass is 9.89. The van der Waals surface area contributed by atoms with Crippen molar-refractivity contribution in [3.05, 3.63) is 66.4 Å². The molecule has 4 N–H and O–H groups in total. The van der Waals surface area contributed by atoms with Gasteiger partial charge in [-0.25, -0.2) is 22.2 Å². The molecule has 1 aliphatic heterocycles. The van der Waals surface area contributed by atoms with Crippen LogP contribution in [0.15, 0.2) is 59.6 Å². The molecule has 0 saturated carbocycles. The third kappa shape index (κ3) is 7.75. The molecule has 1 fully saturated rings. The van der Waals surface area contributed by atoms with E-state index in [1.54, 1.807) is 32.0 Å². The van der Waals surface area contributed by atoms with E-state index in [9.17, 15) is 21.8 Å². The molecule has 0 spiro atoms. The number of hydrogen-bond donors (Lipinski definition) is 3. The van der Waals surface area contributed by atoms with Crippen molar-refractivity contribution in [1.82, 2.24) is 14.3 Å². The summed E-state index contributed by atoms with van der Waals surface area (Å²) in [5, 5.41) is 5.88. The van der Waals surface area contributed by atoms with E-state index >= 15 is 0 Å². The van der Waals surface area contributed by atoms with Crippen molar-refractivity contribution in [3.63, 3.8) is 0 Å². The van der Waals surface area contributed by atoms with Crippen LogP contribution in [-0.2, 0) is 23.6 Å². The van der Waals surface area contributed by atoms with E-state index in [-0.39, 0.29) is 49.1 Å². The molecule has 0 bridgehead atoms. The Morgan fingerprint density at radius 1 is 1.02 bits per heavy atom. The SMILES string of the molecule is CCOP(=O)(OCC)C1CN(S(=O)(=O)c2ccc(Nc3nccc(Nc4ccc(F)c(F)c4)n3)cc2)CCC1C(N)CC. The van der Waals surface area contributed by atoms with E-state index in [0.29, 0.717) is 30.0 Å². The number of aromatic nitrogens is 2. The highest BCUT2D eigenvalue weighted by Gasteiger charge is 2.48. The first-order valence-electron chi connectivity index (χ1n) is 14.1. The number of halogens is 2. The molecule has 2 aromatic carbocycles. The standard InChI is InChI=1S/C28H37F2N6O5PS/c1-4-25(31)22-14-16-36(18-26(22)42(37,40-5-2)41-6-3)43(38,39)21-10-7-19(8-11-21)34-28-32-15-13-27(35-28)33-20-9-12-23(29)24(30)17-20/h7-13,15,17,22,25-26H,4-6,14,16,18,31H2,1-3H3,(H2,32,33,34,35). The Kier molecular flexibility index (Phi) is 10.9. The van der Waals surface area contributed by atoms with Gasteiger partial charge < -0.3 is 25.4 Å². The number of sulfonamides is 1. The Balaban J connectivity index is 1.49. The zero-order valence-electron chi connectivity index (χ0n) is 24.2. The van der Waals surface area contributed by atoms with Crippen LogP contribution in [0.3, 0.4) is 0 Å². The van der Waals surface area contributed by atoms with Crippen molar-refractivity contribution in [2.45, 2.75) is 50.2 Å². The van der Waals surface area contributed by atoms with Gasteiger partial charge in [0.05, 0.1) is 23.8 Å². The van der Waals surface area contributed by atoms with Crippen LogP contribution in [-0.4, -0.2) is 60.7 Å². The van der Waals surface area contributed by atoms with Crippen molar-refractivity contribution < 1.29 is 30.8 Å². The van der Waals surface area contributed by atoms with Crippen molar-refractivity contribution in [1.29, 1.82) is 0 Å². The van der Waals surface area contributed by atoms with Crippen LogP contribution in [0, 0.1) is 17.6 Å². The first kappa shape index (κ1) is 32.9. The summed E-state index contributed by atoms with van der Waals surface area (Å²) in [6, 6.07) is 10.8. The van der Waals surface area contributed by atoms with Crippen molar-refractivity contribution in [2.75, 3.05) is 36.9 Å². The fourth-order valence-electron chi connectivity index (χ4n) is 5.06. The topological polar surface area (TPSA) is 149 Å². The van der Waals surface area contributed by atoms with E-state index in [0.717, 1.165) is 12.1 Å². The van der Waals surface area contributed by atoms with Crippen LogP contribution in [0.25, 0.3) is 0 Å². The second-order valence-corrected chi connectivity index (χ2v) is 14.2. The molecular weight excluding hydrogens is 601 g/mol. The number of nitrogens with two attached hydrogens (primary N) is 1. The summed E-state index contributed by atoms with van der Waals surface area (Å²) in [6.07, 6.45) is 2.55. The molecule has 0 amide bonds. The summed E-state index contributed by atoms with van der Waals surface area (Å²) >= 11 is 0. The molecule has 2 heterocycles. The minimum Gasteiger partial charge on any atom is -0.340 e. The molecule has 11 nitrogen and oxygen atoms in total. The van der Waals surface area contributed by atoms with E-state index < -0.39 is 34.9 Å². The molecule has 234 valence electrons. The van der Waals surface area contributed by atoms with Crippen LogP contribution in [0.5, 0.6) is 0 Å².